The lowest BCUT2D eigenvalue weighted by atomic mass is 10.1. The van der Waals surface area contributed by atoms with Crippen molar-refractivity contribution in [1.82, 2.24) is 10.1 Å². The van der Waals surface area contributed by atoms with Crippen LogP contribution >= 0.6 is 15.9 Å². The summed E-state index contributed by atoms with van der Waals surface area (Å²) in [4.78, 5) is 2.37. The summed E-state index contributed by atoms with van der Waals surface area (Å²) in [6.45, 7) is 5.88. The Labute approximate surface area is 157 Å². The molecule has 0 radical (unpaired) electrons. The molecule has 0 saturated carbocycles. The summed E-state index contributed by atoms with van der Waals surface area (Å²) in [7, 11) is 1.65. The van der Waals surface area contributed by atoms with Gasteiger partial charge in [-0.25, -0.2) is 0 Å². The molecule has 1 aliphatic rings. The zero-order chi connectivity index (χ0) is 17.6. The molecule has 1 atom stereocenters. The predicted molar refractivity (Wildman–Crippen MR) is 99.2 cm³/mol. The zero-order valence-corrected chi connectivity index (χ0v) is 16.4. The quantitative estimate of drug-likeness (QED) is 0.658. The van der Waals surface area contributed by atoms with Gasteiger partial charge < -0.3 is 14.0 Å². The fourth-order valence-electron chi connectivity index (χ4n) is 3.15. The number of halogens is 1. The first kappa shape index (κ1) is 18.6. The van der Waals surface area contributed by atoms with Gasteiger partial charge in [0.05, 0.1) is 11.8 Å². The van der Waals surface area contributed by atoms with Gasteiger partial charge >= 0.3 is 0 Å². The first-order chi connectivity index (χ1) is 12.1. The molecule has 0 aliphatic carbocycles. The number of aryl methyl sites for hydroxylation is 1. The largest absolute Gasteiger partial charge is 0.377 e. The third-order valence-electron chi connectivity index (χ3n) is 4.37. The van der Waals surface area contributed by atoms with Gasteiger partial charge in [-0.2, -0.15) is 0 Å². The van der Waals surface area contributed by atoms with Crippen molar-refractivity contribution in [3.05, 3.63) is 51.3 Å². The molecule has 1 unspecified atom stereocenters. The van der Waals surface area contributed by atoms with Crippen LogP contribution in [-0.2, 0) is 29.2 Å². The van der Waals surface area contributed by atoms with Gasteiger partial charge in [0.2, 0.25) is 0 Å². The molecule has 1 fully saturated rings. The number of hydrogen-bond acceptors (Lipinski definition) is 5. The third-order valence-corrected chi connectivity index (χ3v) is 5.11. The van der Waals surface area contributed by atoms with E-state index in [9.17, 15) is 0 Å². The molecule has 1 aromatic heterocycles. The zero-order valence-electron chi connectivity index (χ0n) is 14.8. The average molecular weight is 409 g/mol. The molecule has 136 valence electrons. The minimum atomic E-state index is 0.301. The fourth-order valence-corrected chi connectivity index (χ4v) is 3.77. The number of ether oxygens (including phenoxy) is 2. The second-order valence-corrected chi connectivity index (χ2v) is 7.47. The number of aromatic nitrogens is 1. The molecule has 2 aromatic rings. The van der Waals surface area contributed by atoms with E-state index in [-0.39, 0.29) is 0 Å². The molecule has 1 saturated heterocycles. The van der Waals surface area contributed by atoms with Gasteiger partial charge in [-0.05, 0) is 37.0 Å². The Morgan fingerprint density at radius 1 is 1.32 bits per heavy atom. The van der Waals surface area contributed by atoms with Crippen LogP contribution in [0.4, 0.5) is 0 Å². The predicted octanol–water partition coefficient (Wildman–Crippen LogP) is 4.07. The van der Waals surface area contributed by atoms with Crippen LogP contribution in [0.2, 0.25) is 0 Å². The highest BCUT2D eigenvalue weighted by molar-refractivity contribution is 9.10. The van der Waals surface area contributed by atoms with Crippen LogP contribution in [-0.4, -0.2) is 36.4 Å². The Morgan fingerprint density at radius 3 is 2.92 bits per heavy atom. The molecule has 0 N–H and O–H groups in total. The summed E-state index contributed by atoms with van der Waals surface area (Å²) in [5, 5.41) is 4.18. The van der Waals surface area contributed by atoms with Crippen molar-refractivity contribution in [2.75, 3.05) is 20.3 Å². The van der Waals surface area contributed by atoms with E-state index in [1.807, 2.05) is 6.07 Å². The molecule has 1 aliphatic heterocycles. The van der Waals surface area contributed by atoms with Gasteiger partial charge in [0.15, 0.2) is 5.76 Å². The van der Waals surface area contributed by atoms with E-state index in [1.165, 1.54) is 11.1 Å². The Balaban J connectivity index is 1.71. The van der Waals surface area contributed by atoms with Gasteiger partial charge in [-0.3, -0.25) is 4.90 Å². The molecule has 5 nitrogen and oxygen atoms in total. The maximum Gasteiger partial charge on any atom is 0.162 e. The second-order valence-electron chi connectivity index (χ2n) is 6.62. The summed E-state index contributed by atoms with van der Waals surface area (Å²) in [6, 6.07) is 8.46. The summed E-state index contributed by atoms with van der Waals surface area (Å²) in [6.07, 6.45) is 2.57. The Morgan fingerprint density at radius 2 is 2.20 bits per heavy atom. The van der Waals surface area contributed by atoms with Crippen LogP contribution < -0.4 is 0 Å². The van der Waals surface area contributed by atoms with Crippen molar-refractivity contribution in [2.24, 2.45) is 0 Å². The van der Waals surface area contributed by atoms with Gasteiger partial charge in [-0.15, -0.1) is 0 Å². The highest BCUT2D eigenvalue weighted by Gasteiger charge is 2.21. The van der Waals surface area contributed by atoms with Gasteiger partial charge in [-0.1, -0.05) is 33.2 Å². The van der Waals surface area contributed by atoms with Crippen molar-refractivity contribution in [1.29, 1.82) is 0 Å². The number of hydrogen-bond donors (Lipinski definition) is 0. The van der Waals surface area contributed by atoms with Crippen LogP contribution in [0.3, 0.4) is 0 Å². The second kappa shape index (κ2) is 8.94. The maximum atomic E-state index is 5.83. The lowest BCUT2D eigenvalue weighted by molar-refractivity contribution is 0.0670. The van der Waals surface area contributed by atoms with E-state index in [0.717, 1.165) is 55.0 Å². The first-order valence-corrected chi connectivity index (χ1v) is 9.45. The summed E-state index contributed by atoms with van der Waals surface area (Å²) >= 11 is 3.69. The van der Waals surface area contributed by atoms with Crippen LogP contribution in [0.1, 0.15) is 35.4 Å². The Bertz CT molecular complexity index is 683. The summed E-state index contributed by atoms with van der Waals surface area (Å²) in [5.41, 5.74) is 3.44. The van der Waals surface area contributed by atoms with Gasteiger partial charge in [0.25, 0.3) is 0 Å². The normalized spacial score (nSPS) is 17.5. The fraction of sp³-hybridized carbons (Fsp3) is 0.526. The molecule has 0 spiro atoms. The lowest BCUT2D eigenvalue weighted by Crippen LogP contribution is -2.31. The van der Waals surface area contributed by atoms with Crippen molar-refractivity contribution in [2.45, 2.75) is 45.6 Å². The number of nitrogens with zero attached hydrogens (tertiary/aromatic N) is 2. The molecular weight excluding hydrogens is 384 g/mol. The van der Waals surface area contributed by atoms with Crippen molar-refractivity contribution in [3.8, 4) is 0 Å². The first-order valence-electron chi connectivity index (χ1n) is 8.66. The van der Waals surface area contributed by atoms with Crippen LogP contribution in [0.25, 0.3) is 0 Å². The Kier molecular flexibility index (Phi) is 6.64. The minimum Gasteiger partial charge on any atom is -0.377 e. The summed E-state index contributed by atoms with van der Waals surface area (Å²) < 4.78 is 17.4. The van der Waals surface area contributed by atoms with Crippen LogP contribution in [0.15, 0.2) is 33.3 Å². The molecule has 0 amide bonds. The topological polar surface area (TPSA) is 47.7 Å². The number of benzene rings is 1. The molecule has 1 aromatic carbocycles. The van der Waals surface area contributed by atoms with E-state index < -0.39 is 0 Å². The smallest absolute Gasteiger partial charge is 0.162 e. The van der Waals surface area contributed by atoms with E-state index in [2.05, 4.69) is 51.1 Å². The standard InChI is InChI=1S/C19H25BrN2O3/c1-14-5-6-15(19(20)8-14)10-22(12-17-4-3-7-24-17)11-16-9-18(13-23-2)25-21-16/h5-6,8-9,17H,3-4,7,10-13H2,1-2H3. The lowest BCUT2D eigenvalue weighted by Gasteiger charge is -2.25. The molecule has 6 heteroatoms. The summed E-state index contributed by atoms with van der Waals surface area (Å²) in [5.74, 6) is 0.756. The minimum absolute atomic E-state index is 0.301. The maximum absolute atomic E-state index is 5.83. The van der Waals surface area contributed by atoms with Gasteiger partial charge in [0.1, 0.15) is 6.61 Å². The van der Waals surface area contributed by atoms with Crippen molar-refractivity contribution < 1.29 is 14.0 Å². The molecular formula is C19H25BrN2O3. The average Bonchev–Trinajstić information content (AvgIpc) is 3.23. The molecule has 0 bridgehead atoms. The highest BCUT2D eigenvalue weighted by atomic mass is 79.9. The molecule has 2 heterocycles. The van der Waals surface area contributed by atoms with Crippen molar-refractivity contribution in [3.63, 3.8) is 0 Å². The van der Waals surface area contributed by atoms with E-state index in [0.29, 0.717) is 12.7 Å². The van der Waals surface area contributed by atoms with Crippen LogP contribution in [0, 0.1) is 6.92 Å². The SMILES string of the molecule is COCc1cc(CN(Cc2ccc(C)cc2Br)CC2CCCO2)no1. The molecule has 3 rings (SSSR count). The Hall–Kier alpha value is -1.21. The van der Waals surface area contributed by atoms with E-state index in [4.69, 9.17) is 14.0 Å². The van der Waals surface area contributed by atoms with E-state index in [1.54, 1.807) is 7.11 Å². The molecule has 25 heavy (non-hydrogen) atoms. The van der Waals surface area contributed by atoms with Crippen LogP contribution in [0.5, 0.6) is 0 Å². The number of methoxy groups -OCH3 is 1. The third kappa shape index (κ3) is 5.38. The highest BCUT2D eigenvalue weighted by Crippen LogP contribution is 2.23. The van der Waals surface area contributed by atoms with Gasteiger partial charge in [0, 0.05) is 43.9 Å². The van der Waals surface area contributed by atoms with E-state index >= 15 is 0 Å². The number of rotatable bonds is 8. The van der Waals surface area contributed by atoms with Crippen molar-refractivity contribution >= 4 is 15.9 Å². The monoisotopic (exact) mass is 408 g/mol.